The van der Waals surface area contributed by atoms with Crippen molar-refractivity contribution in [1.29, 1.82) is 5.26 Å². The number of aryl methyl sites for hydroxylation is 1. The quantitative estimate of drug-likeness (QED) is 0.242. The number of hydrogen-bond donors (Lipinski definition) is 2. The second-order valence-corrected chi connectivity index (χ2v) is 19.2. The summed E-state index contributed by atoms with van der Waals surface area (Å²) in [6.45, 7) is 14.9. The Hall–Kier alpha value is -4.92. The Morgan fingerprint density at radius 3 is 2.84 bits per heavy atom. The minimum Gasteiger partial charge on any atom is -0.464 e. The third-order valence-corrected chi connectivity index (χ3v) is 14.2. The number of carbonyl (C=O) groups is 3. The molecule has 0 radical (unpaired) electrons. The monoisotopic (exact) mass is 863 g/mol. The number of aromatic nitrogens is 3. The lowest BCUT2D eigenvalue weighted by Gasteiger charge is -2.44. The smallest absolute Gasteiger partial charge is 0.324 e. The van der Waals surface area contributed by atoms with E-state index in [2.05, 4.69) is 76.2 Å². The molecule has 5 aliphatic rings. The highest BCUT2D eigenvalue weighted by Gasteiger charge is 2.45. The maximum Gasteiger partial charge on any atom is 0.324 e. The van der Waals surface area contributed by atoms with E-state index in [1.54, 1.807) is 7.11 Å². The summed E-state index contributed by atoms with van der Waals surface area (Å²) in [6, 6.07) is 9.60. The van der Waals surface area contributed by atoms with Gasteiger partial charge in [0, 0.05) is 85.6 Å². The van der Waals surface area contributed by atoms with E-state index in [0.29, 0.717) is 49.8 Å². The van der Waals surface area contributed by atoms with E-state index in [0.717, 1.165) is 89.8 Å². The number of hydrazine groups is 1. The van der Waals surface area contributed by atoms with Crippen molar-refractivity contribution in [2.75, 3.05) is 64.6 Å². The fourth-order valence-corrected chi connectivity index (χ4v) is 10.5. The molecule has 328 valence electrons. The molecule has 62 heavy (non-hydrogen) atoms. The predicted octanol–water partition coefficient (Wildman–Crippen LogP) is 4.88. The number of morpholine rings is 1. The molecule has 2 N–H and O–H groups in total. The number of piperazine rings is 1. The number of anilines is 1. The van der Waals surface area contributed by atoms with Gasteiger partial charge in [0.2, 0.25) is 5.91 Å². The van der Waals surface area contributed by atoms with Crippen LogP contribution in [0.1, 0.15) is 69.3 Å². The number of rotatable bonds is 7. The Morgan fingerprint density at radius 1 is 1.19 bits per heavy atom. The summed E-state index contributed by atoms with van der Waals surface area (Å²) in [5.74, 6) is -1.88. The molecule has 1 saturated carbocycles. The van der Waals surface area contributed by atoms with Gasteiger partial charge in [-0.05, 0) is 63.3 Å². The Kier molecular flexibility index (Phi) is 11.8. The number of benzene rings is 1. The first-order valence-electron chi connectivity index (χ1n) is 22.1. The Balaban J connectivity index is 1.15. The molecule has 6 atom stereocenters. The van der Waals surface area contributed by atoms with Gasteiger partial charge in [0.15, 0.2) is 0 Å². The molecule has 4 aromatic rings. The van der Waals surface area contributed by atoms with Crippen LogP contribution in [0.5, 0.6) is 0 Å². The number of pyridine rings is 1. The van der Waals surface area contributed by atoms with Crippen LogP contribution in [-0.2, 0) is 48.0 Å². The van der Waals surface area contributed by atoms with Gasteiger partial charge in [-0.25, -0.2) is 10.4 Å². The second-order valence-electron chi connectivity index (χ2n) is 18.3. The summed E-state index contributed by atoms with van der Waals surface area (Å²) >= 11 is 1.44. The second kappa shape index (κ2) is 17.3. The summed E-state index contributed by atoms with van der Waals surface area (Å²) in [6.07, 6.45) is 4.03. The van der Waals surface area contributed by atoms with Crippen molar-refractivity contribution in [2.45, 2.75) is 90.6 Å². The van der Waals surface area contributed by atoms with Crippen LogP contribution < -0.4 is 15.6 Å². The van der Waals surface area contributed by atoms with Crippen LogP contribution in [0.3, 0.4) is 0 Å². The molecule has 6 bridgehead atoms. The minimum atomic E-state index is -0.940. The number of fused-ring (bicyclic) bond motifs is 7. The number of nitriles is 1. The minimum absolute atomic E-state index is 0.152. The largest absolute Gasteiger partial charge is 0.464 e. The van der Waals surface area contributed by atoms with Gasteiger partial charge in [-0.2, -0.15) is 5.26 Å². The van der Waals surface area contributed by atoms with E-state index in [4.69, 9.17) is 24.2 Å². The lowest BCUT2D eigenvalue weighted by Crippen LogP contribution is -2.60. The van der Waals surface area contributed by atoms with Gasteiger partial charge >= 0.3 is 5.97 Å². The van der Waals surface area contributed by atoms with Crippen molar-refractivity contribution in [3.05, 3.63) is 52.1 Å². The van der Waals surface area contributed by atoms with Crippen molar-refractivity contribution in [3.8, 4) is 28.6 Å². The van der Waals surface area contributed by atoms with Crippen LogP contribution in [0.4, 0.5) is 5.69 Å². The number of methoxy groups -OCH3 is 1. The average Bonchev–Trinajstić information content (AvgIpc) is 3.85. The van der Waals surface area contributed by atoms with Crippen LogP contribution in [0.15, 0.2) is 35.8 Å². The molecule has 0 unspecified atom stereocenters. The first-order chi connectivity index (χ1) is 29.9. The molecular weight excluding hydrogens is 807 g/mol. The number of esters is 1. The molecule has 9 rings (SSSR count). The third kappa shape index (κ3) is 8.33. The third-order valence-electron chi connectivity index (χ3n) is 13.3. The van der Waals surface area contributed by atoms with Crippen LogP contribution in [0.2, 0.25) is 0 Å². The van der Waals surface area contributed by atoms with Gasteiger partial charge in [0.25, 0.3) is 5.91 Å². The molecule has 7 heterocycles. The number of carbonyl (C=O) groups excluding carboxylic acids is 3. The maximum absolute atomic E-state index is 14.2. The van der Waals surface area contributed by atoms with E-state index in [1.807, 2.05) is 18.5 Å². The highest BCUT2D eigenvalue weighted by molar-refractivity contribution is 7.10. The Labute approximate surface area is 366 Å². The zero-order valence-corrected chi connectivity index (χ0v) is 37.1. The van der Waals surface area contributed by atoms with Gasteiger partial charge in [-0.3, -0.25) is 29.3 Å². The number of amides is 2. The van der Waals surface area contributed by atoms with Gasteiger partial charge < -0.3 is 29.0 Å². The highest BCUT2D eigenvalue weighted by atomic mass is 32.1. The van der Waals surface area contributed by atoms with Crippen LogP contribution in [0.25, 0.3) is 33.4 Å². The number of ether oxygens (including phenoxy) is 3. The highest BCUT2D eigenvalue weighted by Crippen LogP contribution is 2.43. The molecule has 15 nitrogen and oxygen atoms in total. The average molecular weight is 864 g/mol. The van der Waals surface area contributed by atoms with Crippen LogP contribution >= 0.6 is 11.3 Å². The fraction of sp³-hybridized carbons (Fsp3) is 0.565. The molecule has 1 aromatic carbocycles. The Bertz CT molecular complexity index is 2410. The van der Waals surface area contributed by atoms with Crippen molar-refractivity contribution < 1.29 is 28.6 Å². The number of cyclic esters (lactones) is 1. The summed E-state index contributed by atoms with van der Waals surface area (Å²) < 4.78 is 20.4. The molecule has 0 spiro atoms. The maximum atomic E-state index is 14.2. The number of nitrogens with zero attached hydrogens (tertiary/aromatic N) is 7. The van der Waals surface area contributed by atoms with Crippen molar-refractivity contribution in [1.82, 2.24) is 35.2 Å². The van der Waals surface area contributed by atoms with Crippen molar-refractivity contribution in [3.63, 3.8) is 0 Å². The molecule has 4 fully saturated rings. The van der Waals surface area contributed by atoms with Crippen LogP contribution in [0, 0.1) is 28.6 Å². The first kappa shape index (κ1) is 42.4. The summed E-state index contributed by atoms with van der Waals surface area (Å²) in [5, 5.41) is 17.6. The van der Waals surface area contributed by atoms with E-state index in [1.165, 1.54) is 16.3 Å². The summed E-state index contributed by atoms with van der Waals surface area (Å²) in [5.41, 5.74) is 10.5. The van der Waals surface area contributed by atoms with Gasteiger partial charge in [0.1, 0.15) is 12.1 Å². The lowest BCUT2D eigenvalue weighted by molar-refractivity contribution is -0.155. The number of nitrogens with one attached hydrogen (secondary N) is 2. The number of hydrogen-bond acceptors (Lipinski definition) is 13. The van der Waals surface area contributed by atoms with Gasteiger partial charge in [0.05, 0.1) is 83.8 Å². The fourth-order valence-electron chi connectivity index (χ4n) is 9.66. The van der Waals surface area contributed by atoms with E-state index < -0.39 is 29.4 Å². The predicted molar refractivity (Wildman–Crippen MR) is 235 cm³/mol. The topological polar surface area (TPSA) is 167 Å². The summed E-state index contributed by atoms with van der Waals surface area (Å²) in [4.78, 5) is 56.5. The SMILES string of the molecule is CCn1c(-c2cc(N3CCN4CCOC[C@@H]4C3)cnc2[C@H](C)OC)c2c3cc(ccc31)-c1csc(n1)C[C@H](NC(=O)[C@H]1C[C@@H]1C#N)C(=O)N1CCC[C@H](N1)C(=O)OCC(C)(C)C2. The van der Waals surface area contributed by atoms with Crippen molar-refractivity contribution >= 4 is 45.7 Å². The Morgan fingerprint density at radius 2 is 2.05 bits per heavy atom. The first-order valence-corrected chi connectivity index (χ1v) is 23.0. The zero-order chi connectivity index (χ0) is 43.3. The van der Waals surface area contributed by atoms with Crippen LogP contribution in [-0.4, -0.2) is 120 Å². The standard InChI is InChI=1S/C46H57N9O6S/c1-6-54-39-10-9-28-16-33(39)35(42(54)34-18-30(22-48-41(34)27(2)59-5)53-13-12-52-14-15-60-24-31(52)23-53)20-46(3,4)26-61-45(58)36-8-7-11-55(51-36)44(57)37(19-40-49-38(28)25-62-40)50-43(56)32-17-29(32)21-47/h9-10,16,18,22,25,27,29,31-32,36-37,51H,6-8,11-15,17,19-20,23-24,26H2,1-5H3,(H,50,56)/t27-,29+,31-,32-,36-,37-/m0/s1. The molecule has 1 aliphatic carbocycles. The van der Waals surface area contributed by atoms with Gasteiger partial charge in [-0.15, -0.1) is 11.3 Å². The molecule has 4 aliphatic heterocycles. The molecule has 16 heteroatoms. The molecule has 2 amide bonds. The van der Waals surface area contributed by atoms with E-state index in [9.17, 15) is 19.6 Å². The lowest BCUT2D eigenvalue weighted by atomic mass is 9.84. The van der Waals surface area contributed by atoms with Gasteiger partial charge in [-0.1, -0.05) is 19.9 Å². The number of thiazole rings is 1. The molecule has 3 aromatic heterocycles. The van der Waals surface area contributed by atoms with E-state index in [-0.39, 0.29) is 36.9 Å². The van der Waals surface area contributed by atoms with E-state index >= 15 is 0 Å². The molecular formula is C46H57N9O6S. The zero-order valence-electron chi connectivity index (χ0n) is 36.3. The summed E-state index contributed by atoms with van der Waals surface area (Å²) in [7, 11) is 1.72. The molecule has 3 saturated heterocycles. The normalized spacial score (nSPS) is 26.0. The van der Waals surface area contributed by atoms with Crippen molar-refractivity contribution in [2.24, 2.45) is 17.3 Å².